The van der Waals surface area contributed by atoms with E-state index in [1.165, 1.54) is 44.9 Å². The zero-order valence-corrected chi connectivity index (χ0v) is 13.0. The minimum absolute atomic E-state index is 0.333. The molecular weight excluding hydrogens is 290 g/mol. The second kappa shape index (κ2) is 7.52. The molecule has 3 heteroatoms. The molecule has 2 fully saturated rings. The van der Waals surface area contributed by atoms with Gasteiger partial charge in [-0.3, -0.25) is 4.79 Å². The number of alkyl halides is 1. The number of likely N-dealkylation sites (tertiary alicyclic amines) is 1. The molecule has 1 aliphatic carbocycles. The summed E-state index contributed by atoms with van der Waals surface area (Å²) in [6.07, 6.45) is 11.3. The van der Waals surface area contributed by atoms with E-state index in [9.17, 15) is 4.79 Å². The third kappa shape index (κ3) is 3.97. The fourth-order valence-corrected chi connectivity index (χ4v) is 3.88. The van der Waals surface area contributed by atoms with Gasteiger partial charge in [0.2, 0.25) is 5.91 Å². The molecule has 104 valence electrons. The normalized spacial score (nSPS) is 27.6. The highest BCUT2D eigenvalue weighted by Crippen LogP contribution is 2.26. The van der Waals surface area contributed by atoms with Gasteiger partial charge in [0.25, 0.3) is 0 Å². The Labute approximate surface area is 120 Å². The molecule has 1 atom stereocenters. The molecule has 2 nitrogen and oxygen atoms in total. The molecule has 1 saturated heterocycles. The Morgan fingerprint density at radius 3 is 2.33 bits per heavy atom. The molecule has 1 unspecified atom stereocenters. The van der Waals surface area contributed by atoms with Crippen LogP contribution >= 0.6 is 15.9 Å². The Morgan fingerprint density at radius 1 is 1.00 bits per heavy atom. The van der Waals surface area contributed by atoms with Crippen LogP contribution in [0.3, 0.4) is 0 Å². The predicted molar refractivity (Wildman–Crippen MR) is 78.9 cm³/mol. The summed E-state index contributed by atoms with van der Waals surface area (Å²) in [5, 5.41) is 1.04. The van der Waals surface area contributed by atoms with E-state index in [1.807, 2.05) is 0 Å². The molecule has 0 spiro atoms. The van der Waals surface area contributed by atoms with E-state index < -0.39 is 0 Å². The van der Waals surface area contributed by atoms with Crippen molar-refractivity contribution in [1.29, 1.82) is 0 Å². The number of carbonyl (C=O) groups is 1. The van der Waals surface area contributed by atoms with Crippen LogP contribution in [0.2, 0.25) is 0 Å². The van der Waals surface area contributed by atoms with Gasteiger partial charge in [-0.1, -0.05) is 48.0 Å². The molecule has 1 aliphatic heterocycles. The largest absolute Gasteiger partial charge is 0.342 e. The molecule has 0 aromatic heterocycles. The summed E-state index contributed by atoms with van der Waals surface area (Å²) in [7, 11) is 0. The van der Waals surface area contributed by atoms with Crippen LogP contribution in [0.1, 0.15) is 57.8 Å². The van der Waals surface area contributed by atoms with Crippen LogP contribution in [0, 0.1) is 11.8 Å². The average Bonchev–Trinajstić information content (AvgIpc) is 2.38. The van der Waals surface area contributed by atoms with Gasteiger partial charge in [0.15, 0.2) is 0 Å². The van der Waals surface area contributed by atoms with Gasteiger partial charge in [-0.2, -0.15) is 0 Å². The van der Waals surface area contributed by atoms with Crippen molar-refractivity contribution in [3.63, 3.8) is 0 Å². The molecule has 0 N–H and O–H groups in total. The Hall–Kier alpha value is -0.0500. The van der Waals surface area contributed by atoms with Crippen LogP contribution < -0.4 is 0 Å². The van der Waals surface area contributed by atoms with E-state index >= 15 is 0 Å². The topological polar surface area (TPSA) is 20.3 Å². The summed E-state index contributed by atoms with van der Waals surface area (Å²) in [5.74, 6) is 1.47. The molecule has 18 heavy (non-hydrogen) atoms. The van der Waals surface area contributed by atoms with E-state index in [1.54, 1.807) is 0 Å². The third-order valence-electron chi connectivity index (χ3n) is 4.50. The van der Waals surface area contributed by atoms with Crippen molar-refractivity contribution in [3.8, 4) is 0 Å². The summed E-state index contributed by atoms with van der Waals surface area (Å²) < 4.78 is 0. The summed E-state index contributed by atoms with van der Waals surface area (Å²) in [4.78, 5) is 14.7. The van der Waals surface area contributed by atoms with Crippen molar-refractivity contribution < 1.29 is 4.79 Å². The second-order valence-corrected chi connectivity index (χ2v) is 6.64. The van der Waals surface area contributed by atoms with E-state index in [-0.39, 0.29) is 0 Å². The molecule has 1 amide bonds. The Balaban J connectivity index is 1.87. The number of piperidine rings is 1. The van der Waals surface area contributed by atoms with Crippen molar-refractivity contribution in [1.82, 2.24) is 4.90 Å². The van der Waals surface area contributed by atoms with Gasteiger partial charge in [0, 0.05) is 24.3 Å². The lowest BCUT2D eigenvalue weighted by molar-refractivity contribution is -0.137. The minimum Gasteiger partial charge on any atom is -0.342 e. The average molecular weight is 316 g/mol. The SMILES string of the molecule is O=C(C1CCCCCCC1)N1CCCC(CBr)C1. The van der Waals surface area contributed by atoms with Crippen LogP contribution in [-0.4, -0.2) is 29.2 Å². The highest BCUT2D eigenvalue weighted by Gasteiger charge is 2.28. The predicted octanol–water partition coefficient (Wildman–Crippen LogP) is 3.98. The molecule has 0 radical (unpaired) electrons. The van der Waals surface area contributed by atoms with Crippen molar-refractivity contribution in [2.75, 3.05) is 18.4 Å². The standard InChI is InChI=1S/C15H26BrNO/c16-11-13-7-6-10-17(12-13)15(18)14-8-4-2-1-3-5-9-14/h13-14H,1-12H2. The first-order chi connectivity index (χ1) is 8.81. The molecule has 1 heterocycles. The van der Waals surface area contributed by atoms with Gasteiger partial charge < -0.3 is 4.90 Å². The zero-order chi connectivity index (χ0) is 12.8. The van der Waals surface area contributed by atoms with Crippen LogP contribution in [-0.2, 0) is 4.79 Å². The number of amides is 1. The van der Waals surface area contributed by atoms with Crippen LogP contribution in [0.5, 0.6) is 0 Å². The fraction of sp³-hybridized carbons (Fsp3) is 0.933. The Morgan fingerprint density at radius 2 is 1.67 bits per heavy atom. The highest BCUT2D eigenvalue weighted by molar-refractivity contribution is 9.09. The molecule has 0 bridgehead atoms. The first-order valence-electron chi connectivity index (χ1n) is 7.66. The molecular formula is C15H26BrNO. The van der Waals surface area contributed by atoms with E-state index in [4.69, 9.17) is 0 Å². The minimum atomic E-state index is 0.333. The number of halogens is 1. The smallest absolute Gasteiger partial charge is 0.225 e. The first kappa shape index (κ1) is 14.4. The van der Waals surface area contributed by atoms with Gasteiger partial charge >= 0.3 is 0 Å². The van der Waals surface area contributed by atoms with Crippen molar-refractivity contribution in [3.05, 3.63) is 0 Å². The lowest BCUT2D eigenvalue weighted by atomic mass is 9.89. The summed E-state index contributed by atoms with van der Waals surface area (Å²) in [5.41, 5.74) is 0. The van der Waals surface area contributed by atoms with Crippen LogP contribution in [0.15, 0.2) is 0 Å². The second-order valence-electron chi connectivity index (χ2n) is 5.99. The van der Waals surface area contributed by atoms with Crippen molar-refractivity contribution in [2.24, 2.45) is 11.8 Å². The summed E-state index contributed by atoms with van der Waals surface area (Å²) >= 11 is 3.57. The summed E-state index contributed by atoms with van der Waals surface area (Å²) in [6.45, 7) is 1.99. The van der Waals surface area contributed by atoms with Gasteiger partial charge in [-0.25, -0.2) is 0 Å². The number of hydrogen-bond acceptors (Lipinski definition) is 1. The summed E-state index contributed by atoms with van der Waals surface area (Å²) in [6, 6.07) is 0. The maximum Gasteiger partial charge on any atom is 0.225 e. The van der Waals surface area contributed by atoms with Crippen molar-refractivity contribution in [2.45, 2.75) is 57.8 Å². The van der Waals surface area contributed by atoms with E-state index in [2.05, 4.69) is 20.8 Å². The molecule has 2 rings (SSSR count). The van der Waals surface area contributed by atoms with Gasteiger partial charge in [-0.05, 0) is 31.6 Å². The quantitative estimate of drug-likeness (QED) is 0.706. The lowest BCUT2D eigenvalue weighted by Gasteiger charge is -2.34. The van der Waals surface area contributed by atoms with Gasteiger partial charge in [0.05, 0.1) is 0 Å². The molecule has 0 aromatic rings. The lowest BCUT2D eigenvalue weighted by Crippen LogP contribution is -2.43. The third-order valence-corrected chi connectivity index (χ3v) is 5.42. The first-order valence-corrected chi connectivity index (χ1v) is 8.78. The maximum absolute atomic E-state index is 12.6. The van der Waals surface area contributed by atoms with Gasteiger partial charge in [-0.15, -0.1) is 0 Å². The molecule has 1 saturated carbocycles. The van der Waals surface area contributed by atoms with E-state index in [0.717, 1.165) is 31.3 Å². The van der Waals surface area contributed by atoms with Crippen LogP contribution in [0.4, 0.5) is 0 Å². The number of rotatable bonds is 2. The number of carbonyl (C=O) groups excluding carboxylic acids is 1. The van der Waals surface area contributed by atoms with Crippen molar-refractivity contribution >= 4 is 21.8 Å². The fourth-order valence-electron chi connectivity index (χ4n) is 3.35. The monoisotopic (exact) mass is 315 g/mol. The molecule has 0 aromatic carbocycles. The Bertz CT molecular complexity index is 257. The highest BCUT2D eigenvalue weighted by atomic mass is 79.9. The Kier molecular flexibility index (Phi) is 6.00. The maximum atomic E-state index is 12.6. The van der Waals surface area contributed by atoms with Gasteiger partial charge in [0.1, 0.15) is 0 Å². The zero-order valence-electron chi connectivity index (χ0n) is 11.4. The number of hydrogen-bond donors (Lipinski definition) is 0. The number of nitrogens with zero attached hydrogens (tertiary/aromatic N) is 1. The molecule has 2 aliphatic rings. The van der Waals surface area contributed by atoms with E-state index in [0.29, 0.717) is 17.7 Å². The van der Waals surface area contributed by atoms with Crippen LogP contribution in [0.25, 0.3) is 0 Å².